The first-order valence-electron chi connectivity index (χ1n) is 4.89. The minimum Gasteiger partial charge on any atom is -0.378 e. The molecular weight excluding hydrogens is 219 g/mol. The maximum Gasteiger partial charge on any atom is 0.0737 e. The molecule has 2 unspecified atom stereocenters. The highest BCUT2D eigenvalue weighted by molar-refractivity contribution is 6.34. The van der Waals surface area contributed by atoms with Gasteiger partial charge in [-0.3, -0.25) is 0 Å². The van der Waals surface area contributed by atoms with Crippen LogP contribution in [0.1, 0.15) is 19.3 Å². The number of alkyl halides is 1. The summed E-state index contributed by atoms with van der Waals surface area (Å²) in [6, 6.07) is 0. The Morgan fingerprint density at radius 3 is 3.07 bits per heavy atom. The van der Waals surface area contributed by atoms with Crippen LogP contribution in [-0.4, -0.2) is 17.6 Å². The summed E-state index contributed by atoms with van der Waals surface area (Å²) in [4.78, 5) is -0.444. The summed E-state index contributed by atoms with van der Waals surface area (Å²) in [7, 11) is 0. The monoisotopic (exact) mass is 231 g/mol. The molecule has 2 rings (SSSR count). The summed E-state index contributed by atoms with van der Waals surface area (Å²) in [6.45, 7) is 0.866. The van der Waals surface area contributed by atoms with E-state index in [2.05, 4.69) is 0 Å². The molecule has 1 fully saturated rings. The molecule has 1 heterocycles. The Bertz CT molecular complexity index is 266. The van der Waals surface area contributed by atoms with Crippen molar-refractivity contribution in [3.05, 3.63) is 29.7 Å². The number of hydrogen-bond donors (Lipinski definition) is 0. The highest BCUT2D eigenvalue weighted by Gasteiger charge is 2.32. The first-order chi connectivity index (χ1) is 6.68. The summed E-state index contributed by atoms with van der Waals surface area (Å²) in [5.74, 6) is 0. The topological polar surface area (TPSA) is 9.23 Å². The van der Waals surface area contributed by atoms with Gasteiger partial charge < -0.3 is 4.74 Å². The number of allylic oxidation sites excluding steroid dienone is 4. The van der Waals surface area contributed by atoms with E-state index in [1.165, 1.54) is 0 Å². The molecule has 0 amide bonds. The highest BCUT2D eigenvalue weighted by atomic mass is 35.5. The minimum atomic E-state index is -0.444. The van der Waals surface area contributed by atoms with Gasteiger partial charge in [0.05, 0.1) is 11.0 Å². The molecule has 2 aliphatic rings. The third kappa shape index (κ3) is 2.53. The second kappa shape index (κ2) is 4.26. The number of rotatable bonds is 2. The predicted octanol–water partition coefficient (Wildman–Crippen LogP) is 3.43. The fourth-order valence-electron chi connectivity index (χ4n) is 1.91. The Morgan fingerprint density at radius 2 is 2.43 bits per heavy atom. The fraction of sp³-hybridized carbons (Fsp3) is 0.545. The van der Waals surface area contributed by atoms with Gasteiger partial charge in [-0.15, -0.1) is 11.6 Å². The second-order valence-electron chi connectivity index (χ2n) is 3.82. The van der Waals surface area contributed by atoms with E-state index in [0.717, 1.165) is 25.9 Å². The zero-order valence-electron chi connectivity index (χ0n) is 7.88. The average molecular weight is 232 g/mol. The molecule has 1 nitrogen and oxygen atoms in total. The maximum absolute atomic E-state index is 6.40. The van der Waals surface area contributed by atoms with Gasteiger partial charge in [0.2, 0.25) is 0 Å². The molecule has 2 atom stereocenters. The molecule has 1 aliphatic carbocycles. The van der Waals surface area contributed by atoms with Crippen molar-refractivity contribution in [1.82, 2.24) is 0 Å². The minimum absolute atomic E-state index is 0.288. The van der Waals surface area contributed by atoms with E-state index >= 15 is 0 Å². The van der Waals surface area contributed by atoms with Gasteiger partial charge in [0.25, 0.3) is 0 Å². The lowest BCUT2D eigenvalue weighted by atomic mass is 9.92. The molecule has 0 spiro atoms. The van der Waals surface area contributed by atoms with E-state index in [1.54, 1.807) is 0 Å². The van der Waals surface area contributed by atoms with Gasteiger partial charge in [-0.25, -0.2) is 0 Å². The molecule has 77 valence electrons. The summed E-state index contributed by atoms with van der Waals surface area (Å²) < 4.78 is 5.56. The van der Waals surface area contributed by atoms with E-state index in [1.807, 2.05) is 24.6 Å². The Kier molecular flexibility index (Phi) is 3.20. The van der Waals surface area contributed by atoms with Gasteiger partial charge >= 0.3 is 0 Å². The Morgan fingerprint density at radius 1 is 1.57 bits per heavy atom. The normalized spacial score (nSPS) is 37.3. The Labute approximate surface area is 94.7 Å². The maximum atomic E-state index is 6.40. The van der Waals surface area contributed by atoms with E-state index in [-0.39, 0.29) is 6.10 Å². The van der Waals surface area contributed by atoms with Crippen molar-refractivity contribution < 1.29 is 4.74 Å². The SMILES string of the molecule is ClC1=CC=CC(Cl)(CC2CCCO2)[CH]1. The molecule has 0 aromatic rings. The van der Waals surface area contributed by atoms with Crippen LogP contribution in [0.2, 0.25) is 0 Å². The fourth-order valence-corrected chi connectivity index (χ4v) is 2.59. The van der Waals surface area contributed by atoms with E-state index < -0.39 is 4.87 Å². The number of ether oxygens (including phenoxy) is 1. The Balaban J connectivity index is 1.96. The Hall–Kier alpha value is 0.0200. The van der Waals surface area contributed by atoms with Gasteiger partial charge in [-0.1, -0.05) is 23.8 Å². The van der Waals surface area contributed by atoms with Crippen LogP contribution < -0.4 is 0 Å². The lowest BCUT2D eigenvalue weighted by Crippen LogP contribution is -2.27. The van der Waals surface area contributed by atoms with Crippen LogP contribution in [0.25, 0.3) is 0 Å². The third-order valence-electron chi connectivity index (χ3n) is 2.57. The molecule has 0 bridgehead atoms. The molecule has 0 saturated carbocycles. The molecule has 3 heteroatoms. The number of halogens is 2. The summed E-state index contributed by atoms with van der Waals surface area (Å²) >= 11 is 12.3. The molecular formula is C11H13Cl2O. The molecule has 0 N–H and O–H groups in total. The molecule has 14 heavy (non-hydrogen) atoms. The van der Waals surface area contributed by atoms with Crippen molar-refractivity contribution in [2.75, 3.05) is 6.61 Å². The van der Waals surface area contributed by atoms with Crippen molar-refractivity contribution in [3.63, 3.8) is 0 Å². The highest BCUT2D eigenvalue weighted by Crippen LogP contribution is 2.36. The molecule has 0 aromatic carbocycles. The third-order valence-corrected chi connectivity index (χ3v) is 3.20. The second-order valence-corrected chi connectivity index (χ2v) is 4.96. The van der Waals surface area contributed by atoms with Gasteiger partial charge in [0, 0.05) is 18.1 Å². The predicted molar refractivity (Wildman–Crippen MR) is 59.6 cm³/mol. The van der Waals surface area contributed by atoms with Crippen LogP contribution in [0.4, 0.5) is 0 Å². The quantitative estimate of drug-likeness (QED) is 0.663. The molecule has 1 saturated heterocycles. The smallest absolute Gasteiger partial charge is 0.0737 e. The van der Waals surface area contributed by atoms with Crippen LogP contribution >= 0.6 is 23.2 Å². The van der Waals surface area contributed by atoms with Gasteiger partial charge in [-0.05, 0) is 25.3 Å². The van der Waals surface area contributed by atoms with Gasteiger partial charge in [0.15, 0.2) is 0 Å². The van der Waals surface area contributed by atoms with Crippen LogP contribution in [-0.2, 0) is 4.74 Å². The van der Waals surface area contributed by atoms with Crippen LogP contribution in [0.5, 0.6) is 0 Å². The van der Waals surface area contributed by atoms with Crippen LogP contribution in [0, 0.1) is 6.42 Å². The van der Waals surface area contributed by atoms with Crippen molar-refractivity contribution in [2.45, 2.75) is 30.2 Å². The van der Waals surface area contributed by atoms with E-state index in [0.29, 0.717) is 5.03 Å². The first kappa shape index (κ1) is 10.5. The van der Waals surface area contributed by atoms with E-state index in [4.69, 9.17) is 27.9 Å². The van der Waals surface area contributed by atoms with Crippen molar-refractivity contribution in [3.8, 4) is 0 Å². The van der Waals surface area contributed by atoms with Gasteiger partial charge in [-0.2, -0.15) is 0 Å². The number of hydrogen-bond acceptors (Lipinski definition) is 1. The van der Waals surface area contributed by atoms with Crippen molar-refractivity contribution >= 4 is 23.2 Å². The largest absolute Gasteiger partial charge is 0.378 e. The lowest BCUT2D eigenvalue weighted by molar-refractivity contribution is 0.100. The molecule has 1 aliphatic heterocycles. The first-order valence-corrected chi connectivity index (χ1v) is 5.65. The standard InChI is InChI=1S/C11H13Cl2O/c12-9-3-1-5-11(13,7-9)8-10-4-2-6-14-10/h1,3,5,7,10H,2,4,6,8H2. The van der Waals surface area contributed by atoms with Crippen molar-refractivity contribution in [1.29, 1.82) is 0 Å². The summed E-state index contributed by atoms with van der Waals surface area (Å²) in [6.07, 6.45) is 11.0. The lowest BCUT2D eigenvalue weighted by Gasteiger charge is -2.27. The zero-order chi connectivity index (χ0) is 10.0. The summed E-state index contributed by atoms with van der Waals surface area (Å²) in [5, 5.41) is 0.709. The summed E-state index contributed by atoms with van der Waals surface area (Å²) in [5.41, 5.74) is 0. The average Bonchev–Trinajstić information content (AvgIpc) is 2.55. The zero-order valence-corrected chi connectivity index (χ0v) is 9.39. The molecule has 1 radical (unpaired) electrons. The van der Waals surface area contributed by atoms with E-state index in [9.17, 15) is 0 Å². The molecule has 0 aromatic heterocycles. The van der Waals surface area contributed by atoms with Gasteiger partial charge in [0.1, 0.15) is 0 Å². The van der Waals surface area contributed by atoms with Crippen LogP contribution in [0.15, 0.2) is 23.3 Å². The van der Waals surface area contributed by atoms with Crippen molar-refractivity contribution in [2.24, 2.45) is 0 Å². The van der Waals surface area contributed by atoms with Crippen LogP contribution in [0.3, 0.4) is 0 Å².